The lowest BCUT2D eigenvalue weighted by molar-refractivity contribution is 0.0461. The summed E-state index contributed by atoms with van der Waals surface area (Å²) < 4.78 is 18.1. The summed E-state index contributed by atoms with van der Waals surface area (Å²) in [6.07, 6.45) is 1.15. The molecule has 1 N–H and O–H groups in total. The van der Waals surface area contributed by atoms with Crippen LogP contribution in [0.5, 0.6) is 5.75 Å². The summed E-state index contributed by atoms with van der Waals surface area (Å²) in [5.41, 5.74) is -0.564. The molecular formula is C19H33BrN2O4Si. The number of alkyl carbamates (subject to hydrolysis) is 1. The average molecular weight is 461 g/mol. The maximum atomic E-state index is 12.2. The highest BCUT2D eigenvalue weighted by molar-refractivity contribution is 9.10. The Morgan fingerprint density at radius 1 is 1.19 bits per heavy atom. The zero-order valence-corrected chi connectivity index (χ0v) is 20.3. The van der Waals surface area contributed by atoms with Gasteiger partial charge in [-0.3, -0.25) is 0 Å². The van der Waals surface area contributed by atoms with Crippen LogP contribution in [-0.2, 0) is 9.16 Å². The number of ether oxygens (including phenoxy) is 2. The fourth-order valence-corrected chi connectivity index (χ4v) is 3.06. The first-order valence-corrected chi connectivity index (χ1v) is 12.8. The molecule has 27 heavy (non-hydrogen) atoms. The van der Waals surface area contributed by atoms with Gasteiger partial charge in [0.25, 0.3) is 0 Å². The van der Waals surface area contributed by atoms with Gasteiger partial charge in [-0.25, -0.2) is 9.78 Å². The van der Waals surface area contributed by atoms with Crippen molar-refractivity contribution in [2.45, 2.75) is 71.3 Å². The number of halogens is 1. The number of carbonyl (C=O) groups is 1. The van der Waals surface area contributed by atoms with Crippen molar-refractivity contribution in [1.82, 2.24) is 10.3 Å². The number of hydrogen-bond acceptors (Lipinski definition) is 5. The van der Waals surface area contributed by atoms with E-state index in [9.17, 15) is 4.79 Å². The van der Waals surface area contributed by atoms with Crippen LogP contribution in [0.15, 0.2) is 22.9 Å². The van der Waals surface area contributed by atoms with Crippen LogP contribution in [0.1, 0.15) is 41.5 Å². The summed E-state index contributed by atoms with van der Waals surface area (Å²) in [5.74, 6) is 0.626. The van der Waals surface area contributed by atoms with Crippen molar-refractivity contribution in [1.29, 1.82) is 0 Å². The Balaban J connectivity index is 2.75. The smallest absolute Gasteiger partial charge is 0.408 e. The Morgan fingerprint density at radius 3 is 2.30 bits per heavy atom. The van der Waals surface area contributed by atoms with E-state index in [1.54, 1.807) is 12.3 Å². The van der Waals surface area contributed by atoms with Gasteiger partial charge < -0.3 is 19.2 Å². The quantitative estimate of drug-likeness (QED) is 0.450. The molecule has 0 fully saturated rings. The summed E-state index contributed by atoms with van der Waals surface area (Å²) in [7, 11) is -1.95. The minimum atomic E-state index is -1.95. The Kier molecular flexibility index (Phi) is 8.31. The van der Waals surface area contributed by atoms with Crippen LogP contribution in [0.3, 0.4) is 0 Å². The molecule has 0 aromatic carbocycles. The summed E-state index contributed by atoms with van der Waals surface area (Å²) in [4.78, 5) is 16.3. The number of hydrogen-bond donors (Lipinski definition) is 1. The van der Waals surface area contributed by atoms with E-state index in [-0.39, 0.29) is 17.7 Å². The standard InChI is InChI=1S/C19H33BrN2O4Si/c1-18(2,3)26-17(23)22-14(13-25-27(7,8)19(4,5)6)12-24-15-9-10-16(20)21-11-15/h9-11,14H,12-13H2,1-8H3,(H,22,23). The van der Waals surface area contributed by atoms with Crippen LogP contribution >= 0.6 is 15.9 Å². The maximum absolute atomic E-state index is 12.2. The molecule has 0 aliphatic heterocycles. The zero-order chi connectivity index (χ0) is 20.9. The van der Waals surface area contributed by atoms with Gasteiger partial charge in [0.05, 0.1) is 18.8 Å². The largest absolute Gasteiger partial charge is 0.490 e. The van der Waals surface area contributed by atoms with Crippen LogP contribution < -0.4 is 10.1 Å². The molecule has 8 heteroatoms. The molecule has 0 saturated heterocycles. The molecule has 1 aromatic rings. The van der Waals surface area contributed by atoms with Crippen molar-refractivity contribution >= 4 is 30.3 Å². The molecule has 1 aromatic heterocycles. The minimum absolute atomic E-state index is 0.0833. The van der Waals surface area contributed by atoms with Crippen LogP contribution in [0, 0.1) is 0 Å². The van der Waals surface area contributed by atoms with Crippen molar-refractivity contribution in [3.05, 3.63) is 22.9 Å². The maximum Gasteiger partial charge on any atom is 0.408 e. The zero-order valence-electron chi connectivity index (χ0n) is 17.7. The van der Waals surface area contributed by atoms with Gasteiger partial charge in [-0.05, 0) is 67.0 Å². The van der Waals surface area contributed by atoms with E-state index < -0.39 is 20.0 Å². The molecule has 1 amide bonds. The first kappa shape index (κ1) is 23.9. The number of pyridine rings is 1. The fraction of sp³-hybridized carbons (Fsp3) is 0.684. The molecule has 0 saturated carbocycles. The first-order valence-electron chi connectivity index (χ1n) is 9.07. The molecule has 0 spiro atoms. The number of nitrogens with one attached hydrogen (secondary N) is 1. The summed E-state index contributed by atoms with van der Waals surface area (Å²) >= 11 is 3.30. The lowest BCUT2D eigenvalue weighted by Gasteiger charge is -2.37. The van der Waals surface area contributed by atoms with Gasteiger partial charge in [0.2, 0.25) is 0 Å². The van der Waals surface area contributed by atoms with E-state index in [1.807, 2.05) is 26.8 Å². The van der Waals surface area contributed by atoms with E-state index in [1.165, 1.54) is 0 Å². The molecule has 1 unspecified atom stereocenters. The van der Waals surface area contributed by atoms with Crippen molar-refractivity contribution in [3.8, 4) is 5.75 Å². The second-order valence-electron chi connectivity index (χ2n) is 9.04. The summed E-state index contributed by atoms with van der Waals surface area (Å²) in [6, 6.07) is 3.28. The predicted molar refractivity (Wildman–Crippen MR) is 114 cm³/mol. The van der Waals surface area contributed by atoms with Gasteiger partial charge >= 0.3 is 6.09 Å². The summed E-state index contributed by atoms with van der Waals surface area (Å²) in [5, 5.41) is 2.94. The molecule has 0 bridgehead atoms. The second kappa shape index (κ2) is 9.38. The Bertz CT molecular complexity index is 610. The molecule has 1 heterocycles. The topological polar surface area (TPSA) is 69.7 Å². The van der Waals surface area contributed by atoms with Gasteiger partial charge in [-0.15, -0.1) is 0 Å². The molecular weight excluding hydrogens is 428 g/mol. The number of nitrogens with zero attached hydrogens (tertiary/aromatic N) is 1. The molecule has 1 atom stereocenters. The van der Waals surface area contributed by atoms with Crippen molar-refractivity contribution < 1.29 is 18.7 Å². The average Bonchev–Trinajstić information content (AvgIpc) is 2.48. The highest BCUT2D eigenvalue weighted by Gasteiger charge is 2.37. The van der Waals surface area contributed by atoms with Crippen LogP contribution in [0.2, 0.25) is 18.1 Å². The predicted octanol–water partition coefficient (Wildman–Crippen LogP) is 5.14. The molecule has 1 rings (SSSR count). The second-order valence-corrected chi connectivity index (χ2v) is 14.7. The Labute approximate surface area is 172 Å². The third kappa shape index (κ3) is 9.07. The fourth-order valence-electron chi connectivity index (χ4n) is 1.78. The molecule has 0 aliphatic carbocycles. The van der Waals surface area contributed by atoms with Gasteiger partial charge in [-0.2, -0.15) is 0 Å². The third-order valence-electron chi connectivity index (χ3n) is 4.32. The van der Waals surface area contributed by atoms with Crippen molar-refractivity contribution in [3.63, 3.8) is 0 Å². The van der Waals surface area contributed by atoms with E-state index in [0.29, 0.717) is 12.4 Å². The van der Waals surface area contributed by atoms with E-state index in [0.717, 1.165) is 4.60 Å². The van der Waals surface area contributed by atoms with Crippen LogP contribution in [0.4, 0.5) is 4.79 Å². The molecule has 6 nitrogen and oxygen atoms in total. The third-order valence-corrected chi connectivity index (χ3v) is 9.29. The molecule has 154 valence electrons. The van der Waals surface area contributed by atoms with Crippen LogP contribution in [0.25, 0.3) is 0 Å². The molecule has 0 aliphatic rings. The lowest BCUT2D eigenvalue weighted by atomic mass is 10.2. The number of rotatable bonds is 7. The number of carbonyl (C=O) groups excluding carboxylic acids is 1. The SMILES string of the molecule is CC(C)(C)OC(=O)NC(COc1ccc(Br)nc1)CO[Si](C)(C)C(C)(C)C. The van der Waals surface area contributed by atoms with E-state index in [4.69, 9.17) is 13.9 Å². The van der Waals surface area contributed by atoms with Gasteiger partial charge in [-0.1, -0.05) is 20.8 Å². The molecule has 0 radical (unpaired) electrons. The minimum Gasteiger partial charge on any atom is -0.490 e. The normalized spacial score (nSPS) is 13.8. The highest BCUT2D eigenvalue weighted by atomic mass is 79.9. The van der Waals surface area contributed by atoms with E-state index >= 15 is 0 Å². The van der Waals surface area contributed by atoms with Crippen molar-refractivity contribution in [2.75, 3.05) is 13.2 Å². The lowest BCUT2D eigenvalue weighted by Crippen LogP contribution is -2.49. The van der Waals surface area contributed by atoms with Gasteiger partial charge in [0.1, 0.15) is 22.6 Å². The number of amides is 1. The van der Waals surface area contributed by atoms with Gasteiger partial charge in [0, 0.05) is 0 Å². The Morgan fingerprint density at radius 2 is 1.81 bits per heavy atom. The first-order chi connectivity index (χ1) is 12.2. The van der Waals surface area contributed by atoms with Gasteiger partial charge in [0.15, 0.2) is 8.32 Å². The highest BCUT2D eigenvalue weighted by Crippen LogP contribution is 2.36. The Hall–Kier alpha value is -1.12. The monoisotopic (exact) mass is 460 g/mol. The van der Waals surface area contributed by atoms with Crippen molar-refractivity contribution in [2.24, 2.45) is 0 Å². The summed E-state index contributed by atoms with van der Waals surface area (Å²) in [6.45, 7) is 17.0. The van der Waals surface area contributed by atoms with Crippen LogP contribution in [-0.4, -0.2) is 44.3 Å². The van der Waals surface area contributed by atoms with E-state index in [2.05, 4.69) is 60.1 Å². The number of aromatic nitrogens is 1.